The highest BCUT2D eigenvalue weighted by Crippen LogP contribution is 2.46. The van der Waals surface area contributed by atoms with Gasteiger partial charge in [-0.3, -0.25) is 14.4 Å². The maximum Gasteiger partial charge on any atom is 0.471 e. The Morgan fingerprint density at radius 2 is 1.52 bits per heavy atom. The van der Waals surface area contributed by atoms with Crippen LogP contribution in [0.2, 0.25) is 0 Å². The second kappa shape index (κ2) is 11.8. The molecule has 0 aromatic heterocycles. The molecule has 1 amide bonds. The lowest BCUT2D eigenvalue weighted by molar-refractivity contribution is -0.179. The van der Waals surface area contributed by atoms with Crippen LogP contribution in [0.3, 0.4) is 0 Å². The molecule has 3 aromatic carbocycles. The third-order valence-corrected chi connectivity index (χ3v) is 8.63. The summed E-state index contributed by atoms with van der Waals surface area (Å²) in [6.07, 6.45) is -6.07. The standard InChI is InChI=1S/C34H28F3NO8/c1-16-31(46-32(43)18-7-3-2-4-8-18)24(38-33(44)34(35,36)37)15-19(45-16)13-17-11-12-22-23(14-17)30(42)26-25(29(22)41)27(39)20-9-5-6-10-21(20)28(26)40/h2-11,16,19,24,31,41-42H,12-15H2,1H3,(H,38,44)/t16-,19+,24+,31+/m1/s1. The molecule has 2 aliphatic carbocycles. The zero-order valence-electron chi connectivity index (χ0n) is 24.4. The third-order valence-electron chi connectivity index (χ3n) is 8.63. The van der Waals surface area contributed by atoms with Gasteiger partial charge in [-0.15, -0.1) is 0 Å². The Balaban J connectivity index is 1.24. The molecule has 46 heavy (non-hydrogen) atoms. The quantitative estimate of drug-likeness (QED) is 0.162. The first kappa shape index (κ1) is 31.0. The van der Waals surface area contributed by atoms with E-state index in [1.165, 1.54) is 31.2 Å². The van der Waals surface area contributed by atoms with E-state index in [0.29, 0.717) is 11.1 Å². The summed E-state index contributed by atoms with van der Waals surface area (Å²) in [5.74, 6) is -4.93. The minimum atomic E-state index is -5.17. The first-order valence-corrected chi connectivity index (χ1v) is 14.6. The summed E-state index contributed by atoms with van der Waals surface area (Å²) in [4.78, 5) is 51.3. The van der Waals surface area contributed by atoms with Crippen LogP contribution in [0.1, 0.15) is 73.1 Å². The van der Waals surface area contributed by atoms with Gasteiger partial charge in [0.1, 0.15) is 17.6 Å². The number of carbonyl (C=O) groups excluding carboxylic acids is 4. The average Bonchev–Trinajstić information content (AvgIpc) is 3.03. The lowest BCUT2D eigenvalue weighted by Gasteiger charge is -2.41. The summed E-state index contributed by atoms with van der Waals surface area (Å²) < 4.78 is 51.3. The summed E-state index contributed by atoms with van der Waals surface area (Å²) in [5, 5.41) is 24.4. The molecule has 3 aromatic rings. The van der Waals surface area contributed by atoms with E-state index in [9.17, 15) is 42.6 Å². The van der Waals surface area contributed by atoms with Gasteiger partial charge in [-0.2, -0.15) is 13.2 Å². The molecule has 1 saturated heterocycles. The number of carbonyl (C=O) groups is 4. The van der Waals surface area contributed by atoms with Crippen LogP contribution in [0.25, 0.3) is 0 Å². The number of allylic oxidation sites excluding steroid dienone is 1. The van der Waals surface area contributed by atoms with E-state index >= 15 is 0 Å². The van der Waals surface area contributed by atoms with Gasteiger partial charge in [0, 0.05) is 22.3 Å². The van der Waals surface area contributed by atoms with Crippen molar-refractivity contribution in [3.05, 3.63) is 105 Å². The number of hydrogen-bond acceptors (Lipinski definition) is 8. The van der Waals surface area contributed by atoms with Gasteiger partial charge >= 0.3 is 18.1 Å². The second-order valence-corrected chi connectivity index (χ2v) is 11.6. The molecule has 1 fully saturated rings. The van der Waals surface area contributed by atoms with Gasteiger partial charge < -0.3 is 25.0 Å². The molecular formula is C34H28F3NO8. The molecule has 238 valence electrons. The number of amides is 1. The van der Waals surface area contributed by atoms with Gasteiger partial charge in [-0.05, 0) is 44.7 Å². The number of phenols is 2. The fraction of sp³-hybridized carbons (Fsp3) is 0.294. The van der Waals surface area contributed by atoms with Crippen molar-refractivity contribution in [2.45, 2.75) is 63.1 Å². The number of fused-ring (bicyclic) bond motifs is 3. The summed E-state index contributed by atoms with van der Waals surface area (Å²) >= 11 is 0. The smallest absolute Gasteiger partial charge is 0.471 e. The second-order valence-electron chi connectivity index (χ2n) is 11.6. The van der Waals surface area contributed by atoms with E-state index in [1.54, 1.807) is 36.4 Å². The van der Waals surface area contributed by atoms with E-state index in [0.717, 1.165) is 0 Å². The highest BCUT2D eigenvalue weighted by molar-refractivity contribution is 6.30. The van der Waals surface area contributed by atoms with Gasteiger partial charge in [0.2, 0.25) is 0 Å². The van der Waals surface area contributed by atoms with Crippen LogP contribution >= 0.6 is 0 Å². The molecule has 3 N–H and O–H groups in total. The molecule has 0 saturated carbocycles. The highest BCUT2D eigenvalue weighted by Gasteiger charge is 2.46. The number of alkyl halides is 3. The molecule has 0 unspecified atom stereocenters. The van der Waals surface area contributed by atoms with Crippen LogP contribution in [0.4, 0.5) is 13.2 Å². The zero-order chi connectivity index (χ0) is 32.9. The SMILES string of the molecule is C[C@H]1O[C@@H](CC2=CCc3c(O)c4c(c(O)c3C2)C(=O)c2ccccc2C4=O)C[C@H](NC(=O)C(F)(F)F)[C@H]1OC(=O)c1ccccc1. The van der Waals surface area contributed by atoms with Gasteiger partial charge in [-0.25, -0.2) is 4.79 Å². The van der Waals surface area contributed by atoms with Gasteiger partial charge in [0.05, 0.1) is 34.9 Å². The molecule has 4 atom stereocenters. The van der Waals surface area contributed by atoms with Crippen LogP contribution in [0.15, 0.2) is 66.2 Å². The number of halogens is 3. The van der Waals surface area contributed by atoms with Crippen molar-refractivity contribution in [3.63, 3.8) is 0 Å². The summed E-state index contributed by atoms with van der Waals surface area (Å²) in [6.45, 7) is 1.53. The van der Waals surface area contributed by atoms with Crippen molar-refractivity contribution in [1.29, 1.82) is 0 Å². The largest absolute Gasteiger partial charge is 0.507 e. The first-order valence-electron chi connectivity index (χ1n) is 14.6. The number of rotatable bonds is 5. The van der Waals surface area contributed by atoms with Crippen molar-refractivity contribution in [2.24, 2.45) is 0 Å². The molecule has 0 bridgehead atoms. The Bertz CT molecular complexity index is 1800. The van der Waals surface area contributed by atoms with Crippen molar-refractivity contribution < 1.29 is 52.0 Å². The number of aromatic hydroxyl groups is 2. The maximum atomic E-state index is 13.3. The third kappa shape index (κ3) is 5.53. The van der Waals surface area contributed by atoms with Crippen LogP contribution in [0.5, 0.6) is 11.5 Å². The Labute approximate surface area is 260 Å². The van der Waals surface area contributed by atoms with Gasteiger partial charge in [0.25, 0.3) is 0 Å². The van der Waals surface area contributed by atoms with Crippen LogP contribution in [-0.4, -0.2) is 64.2 Å². The summed E-state index contributed by atoms with van der Waals surface area (Å²) in [6, 6.07) is 12.8. The summed E-state index contributed by atoms with van der Waals surface area (Å²) in [5.41, 5.74) is 1.14. The minimum Gasteiger partial charge on any atom is -0.507 e. The van der Waals surface area contributed by atoms with E-state index in [2.05, 4.69) is 0 Å². The lowest BCUT2D eigenvalue weighted by atomic mass is 9.77. The van der Waals surface area contributed by atoms with E-state index in [1.807, 2.05) is 5.32 Å². The normalized spacial score (nSPS) is 22.2. The highest BCUT2D eigenvalue weighted by atomic mass is 19.4. The lowest BCUT2D eigenvalue weighted by Crippen LogP contribution is -2.58. The zero-order valence-corrected chi connectivity index (χ0v) is 24.4. The monoisotopic (exact) mass is 635 g/mol. The molecule has 3 aliphatic rings. The predicted octanol–water partition coefficient (Wildman–Crippen LogP) is 4.74. The summed E-state index contributed by atoms with van der Waals surface area (Å²) in [7, 11) is 0. The van der Waals surface area contributed by atoms with Gasteiger partial charge in [0.15, 0.2) is 11.6 Å². The number of esters is 1. The fourth-order valence-corrected chi connectivity index (χ4v) is 6.47. The van der Waals surface area contributed by atoms with E-state index in [-0.39, 0.29) is 64.8 Å². The van der Waals surface area contributed by atoms with Crippen molar-refractivity contribution in [3.8, 4) is 11.5 Å². The number of hydrogen-bond donors (Lipinski definition) is 3. The Hall–Kier alpha value is -4.97. The van der Waals surface area contributed by atoms with Crippen molar-refractivity contribution in [2.75, 3.05) is 0 Å². The number of ketones is 2. The Morgan fingerprint density at radius 3 is 2.13 bits per heavy atom. The average molecular weight is 636 g/mol. The fourth-order valence-electron chi connectivity index (χ4n) is 6.47. The van der Waals surface area contributed by atoms with Crippen LogP contribution in [0, 0.1) is 0 Å². The predicted molar refractivity (Wildman–Crippen MR) is 156 cm³/mol. The number of benzene rings is 3. The van der Waals surface area contributed by atoms with Crippen molar-refractivity contribution in [1.82, 2.24) is 5.32 Å². The molecule has 9 nitrogen and oxygen atoms in total. The molecule has 0 spiro atoms. The van der Waals surface area contributed by atoms with Crippen LogP contribution < -0.4 is 5.32 Å². The molecule has 0 radical (unpaired) electrons. The topological polar surface area (TPSA) is 139 Å². The first-order chi connectivity index (χ1) is 21.8. The van der Waals surface area contributed by atoms with Crippen molar-refractivity contribution >= 4 is 23.4 Å². The Kier molecular flexibility index (Phi) is 7.93. The molecule has 1 aliphatic heterocycles. The van der Waals surface area contributed by atoms with E-state index in [4.69, 9.17) is 9.47 Å². The maximum absolute atomic E-state index is 13.3. The van der Waals surface area contributed by atoms with Crippen LogP contribution in [-0.2, 0) is 27.1 Å². The minimum absolute atomic E-state index is 0.0609. The molecule has 1 heterocycles. The molecule has 12 heteroatoms. The Morgan fingerprint density at radius 1 is 0.935 bits per heavy atom. The molecule has 6 rings (SSSR count). The van der Waals surface area contributed by atoms with Gasteiger partial charge in [-0.1, -0.05) is 54.1 Å². The van der Waals surface area contributed by atoms with E-state index < -0.39 is 59.7 Å². The number of nitrogens with one attached hydrogen (secondary N) is 1. The number of ether oxygens (including phenoxy) is 2. The number of phenolic OH excluding ortho intramolecular Hbond substituents is 2. The molecular weight excluding hydrogens is 607 g/mol.